The normalized spacial score (nSPS) is 10.9. The Bertz CT molecular complexity index is 790. The molecule has 2 aromatic rings. The molecular formula is C27H36O2. The lowest BCUT2D eigenvalue weighted by Gasteiger charge is -2.19. The molecule has 0 aromatic heterocycles. The number of aryl methyl sites for hydroxylation is 1. The first-order valence-corrected chi connectivity index (χ1v) is 11.4. The molecule has 0 radical (unpaired) electrons. The molecule has 0 heterocycles. The van der Waals surface area contributed by atoms with Crippen LogP contribution in [0.4, 0.5) is 0 Å². The van der Waals surface area contributed by atoms with E-state index in [9.17, 15) is 9.59 Å². The van der Waals surface area contributed by atoms with Crippen LogP contribution in [0.25, 0.3) is 0 Å². The van der Waals surface area contributed by atoms with Gasteiger partial charge in [0.15, 0.2) is 11.6 Å². The Balaban J connectivity index is 2.37. The van der Waals surface area contributed by atoms with Crippen molar-refractivity contribution >= 4 is 11.6 Å². The molecule has 0 fully saturated rings. The van der Waals surface area contributed by atoms with Crippen molar-refractivity contribution in [2.45, 2.75) is 85.0 Å². The number of rotatable bonds is 13. The summed E-state index contributed by atoms with van der Waals surface area (Å²) in [6.07, 6.45) is 9.78. The van der Waals surface area contributed by atoms with Crippen LogP contribution in [0.15, 0.2) is 42.5 Å². The number of hydrogen-bond acceptors (Lipinski definition) is 2. The van der Waals surface area contributed by atoms with Gasteiger partial charge in [0.2, 0.25) is 0 Å². The zero-order valence-electron chi connectivity index (χ0n) is 18.4. The van der Waals surface area contributed by atoms with Crippen molar-refractivity contribution in [2.75, 3.05) is 0 Å². The molecule has 2 rings (SSSR count). The van der Waals surface area contributed by atoms with E-state index in [1.807, 2.05) is 24.3 Å². The van der Waals surface area contributed by atoms with Crippen LogP contribution in [0, 0.1) is 0 Å². The summed E-state index contributed by atoms with van der Waals surface area (Å²) < 4.78 is 0. The Morgan fingerprint density at radius 1 is 0.655 bits per heavy atom. The average Bonchev–Trinajstić information content (AvgIpc) is 2.75. The van der Waals surface area contributed by atoms with Gasteiger partial charge in [0.1, 0.15) is 0 Å². The van der Waals surface area contributed by atoms with Crippen molar-refractivity contribution in [3.63, 3.8) is 0 Å². The fourth-order valence-electron chi connectivity index (χ4n) is 3.88. The molecule has 2 aromatic carbocycles. The van der Waals surface area contributed by atoms with Gasteiger partial charge in [-0.05, 0) is 55.2 Å². The van der Waals surface area contributed by atoms with Gasteiger partial charge in [-0.3, -0.25) is 9.59 Å². The molecule has 0 saturated carbocycles. The second-order valence-corrected chi connectivity index (χ2v) is 7.93. The summed E-state index contributed by atoms with van der Waals surface area (Å²) in [7, 11) is 0. The largest absolute Gasteiger partial charge is 0.294 e. The number of benzene rings is 2. The lowest BCUT2D eigenvalue weighted by Crippen LogP contribution is -2.14. The molecule has 0 spiro atoms. The third kappa shape index (κ3) is 6.66. The van der Waals surface area contributed by atoms with Gasteiger partial charge in [0.05, 0.1) is 6.42 Å². The minimum atomic E-state index is -0.0952. The molecule has 0 atom stereocenters. The van der Waals surface area contributed by atoms with Gasteiger partial charge in [0.25, 0.3) is 0 Å². The minimum absolute atomic E-state index is 0.0373. The number of carbonyl (C=O) groups is 2. The van der Waals surface area contributed by atoms with Crippen molar-refractivity contribution in [3.8, 4) is 0 Å². The van der Waals surface area contributed by atoms with Crippen LogP contribution in [-0.2, 0) is 19.3 Å². The smallest absolute Gasteiger partial charge is 0.170 e. The average molecular weight is 393 g/mol. The second-order valence-electron chi connectivity index (χ2n) is 7.93. The molecule has 0 aliphatic carbocycles. The van der Waals surface area contributed by atoms with Crippen LogP contribution < -0.4 is 0 Å². The summed E-state index contributed by atoms with van der Waals surface area (Å²) in [4.78, 5) is 25.7. The number of hydrogen-bond donors (Lipinski definition) is 0. The maximum atomic E-state index is 13.1. The van der Waals surface area contributed by atoms with E-state index in [1.165, 1.54) is 29.5 Å². The van der Waals surface area contributed by atoms with E-state index >= 15 is 0 Å². The van der Waals surface area contributed by atoms with E-state index in [0.717, 1.165) is 50.5 Å². The molecule has 0 aliphatic rings. The highest BCUT2D eigenvalue weighted by atomic mass is 16.1. The topological polar surface area (TPSA) is 34.1 Å². The van der Waals surface area contributed by atoms with Gasteiger partial charge in [0, 0.05) is 11.1 Å². The van der Waals surface area contributed by atoms with Gasteiger partial charge in [-0.2, -0.15) is 0 Å². The lowest BCUT2D eigenvalue weighted by molar-refractivity contribution is 0.0893. The number of Topliss-reactive ketones (excluding diaryl/α,β-unsaturated/α-hetero) is 2. The standard InChI is InChI=1S/C27H36O2/c1-4-7-13-21-18-19-25(24(17-9-6-3)23(21)16-8-5-2)27(29)20-26(28)22-14-11-10-12-15-22/h10-12,14-15,18-19H,4-9,13,16-17,20H2,1-3H3. The molecule has 2 nitrogen and oxygen atoms in total. The molecule has 0 aliphatic heterocycles. The van der Waals surface area contributed by atoms with Crippen molar-refractivity contribution in [2.24, 2.45) is 0 Å². The predicted molar refractivity (Wildman–Crippen MR) is 122 cm³/mol. The Kier molecular flexibility index (Phi) is 9.83. The summed E-state index contributed by atoms with van der Waals surface area (Å²) in [5.74, 6) is -0.132. The monoisotopic (exact) mass is 392 g/mol. The molecule has 2 heteroatoms. The molecule has 0 saturated heterocycles. The SMILES string of the molecule is CCCCc1ccc(C(=O)CC(=O)c2ccccc2)c(CCCC)c1CCCC. The quantitative estimate of drug-likeness (QED) is 0.267. The maximum Gasteiger partial charge on any atom is 0.170 e. The van der Waals surface area contributed by atoms with Crippen molar-refractivity contribution in [1.82, 2.24) is 0 Å². The third-order valence-electron chi connectivity index (χ3n) is 5.61. The highest BCUT2D eigenvalue weighted by molar-refractivity contribution is 6.14. The molecular weight excluding hydrogens is 356 g/mol. The van der Waals surface area contributed by atoms with E-state index in [4.69, 9.17) is 0 Å². The van der Waals surface area contributed by atoms with E-state index in [1.54, 1.807) is 12.1 Å². The van der Waals surface area contributed by atoms with Gasteiger partial charge in [-0.1, -0.05) is 82.5 Å². The highest BCUT2D eigenvalue weighted by Crippen LogP contribution is 2.27. The highest BCUT2D eigenvalue weighted by Gasteiger charge is 2.20. The summed E-state index contributed by atoms with van der Waals surface area (Å²) in [5.41, 5.74) is 5.37. The van der Waals surface area contributed by atoms with Crippen LogP contribution in [0.1, 0.15) is 103 Å². The van der Waals surface area contributed by atoms with Crippen molar-refractivity contribution in [1.29, 1.82) is 0 Å². The van der Waals surface area contributed by atoms with Gasteiger partial charge >= 0.3 is 0 Å². The van der Waals surface area contributed by atoms with E-state index in [0.29, 0.717) is 5.56 Å². The molecule has 156 valence electrons. The molecule has 0 unspecified atom stereocenters. The molecule has 0 bridgehead atoms. The Morgan fingerprint density at radius 2 is 1.24 bits per heavy atom. The van der Waals surface area contributed by atoms with Crippen LogP contribution in [0.3, 0.4) is 0 Å². The lowest BCUT2D eigenvalue weighted by atomic mass is 9.85. The zero-order chi connectivity index (χ0) is 21.1. The summed E-state index contributed by atoms with van der Waals surface area (Å²) in [5, 5.41) is 0. The Morgan fingerprint density at radius 3 is 1.86 bits per heavy atom. The molecule has 29 heavy (non-hydrogen) atoms. The fourth-order valence-corrected chi connectivity index (χ4v) is 3.88. The third-order valence-corrected chi connectivity index (χ3v) is 5.61. The van der Waals surface area contributed by atoms with Crippen LogP contribution in [-0.4, -0.2) is 11.6 Å². The molecule has 0 amide bonds. The first-order chi connectivity index (χ1) is 14.1. The van der Waals surface area contributed by atoms with Gasteiger partial charge in [-0.25, -0.2) is 0 Å². The van der Waals surface area contributed by atoms with Crippen molar-refractivity contribution in [3.05, 3.63) is 70.3 Å². The summed E-state index contributed by atoms with van der Waals surface area (Å²) in [6, 6.07) is 13.3. The first kappa shape index (κ1) is 23.1. The summed E-state index contributed by atoms with van der Waals surface area (Å²) in [6.45, 7) is 6.62. The predicted octanol–water partition coefficient (Wildman–Crippen LogP) is 7.17. The number of carbonyl (C=O) groups excluding carboxylic acids is 2. The zero-order valence-corrected chi connectivity index (χ0v) is 18.4. The first-order valence-electron chi connectivity index (χ1n) is 11.4. The van der Waals surface area contributed by atoms with Gasteiger partial charge in [-0.15, -0.1) is 0 Å². The van der Waals surface area contributed by atoms with E-state index in [2.05, 4.69) is 26.8 Å². The van der Waals surface area contributed by atoms with Gasteiger partial charge < -0.3 is 0 Å². The van der Waals surface area contributed by atoms with Crippen molar-refractivity contribution < 1.29 is 9.59 Å². The van der Waals surface area contributed by atoms with Crippen LogP contribution in [0.5, 0.6) is 0 Å². The molecule has 0 N–H and O–H groups in total. The number of unbranched alkanes of at least 4 members (excludes halogenated alkanes) is 3. The second kappa shape index (κ2) is 12.4. The minimum Gasteiger partial charge on any atom is -0.294 e. The summed E-state index contributed by atoms with van der Waals surface area (Å²) >= 11 is 0. The van der Waals surface area contributed by atoms with E-state index in [-0.39, 0.29) is 18.0 Å². The Hall–Kier alpha value is -2.22. The Labute approximate surface area is 176 Å². The fraction of sp³-hybridized carbons (Fsp3) is 0.481. The maximum absolute atomic E-state index is 13.1. The van der Waals surface area contributed by atoms with E-state index < -0.39 is 0 Å². The van der Waals surface area contributed by atoms with Crippen LogP contribution in [0.2, 0.25) is 0 Å². The number of ketones is 2. The van der Waals surface area contributed by atoms with Crippen LogP contribution >= 0.6 is 0 Å².